The quantitative estimate of drug-likeness (QED) is 0.0538. The van der Waals surface area contributed by atoms with Crippen LogP contribution in [0.5, 0.6) is 0 Å². The summed E-state index contributed by atoms with van der Waals surface area (Å²) in [7, 11) is 13.2. The average Bonchev–Trinajstić information content (AvgIpc) is 4.24. The summed E-state index contributed by atoms with van der Waals surface area (Å²) in [5, 5.41) is 37.5. The molecule has 0 radical (unpaired) electrons. The summed E-state index contributed by atoms with van der Waals surface area (Å²) in [6, 6.07) is 45.2. The van der Waals surface area contributed by atoms with E-state index in [9.17, 15) is 14.4 Å². The molecule has 0 bridgehead atoms. The van der Waals surface area contributed by atoms with Crippen LogP contribution in [-0.2, 0) is 31.0 Å². The number of hydrogen-bond donors (Lipinski definition) is 7. The highest BCUT2D eigenvalue weighted by atomic mass is 16.4. The number of fused-ring (bicyclic) bond motifs is 3. The first-order valence-corrected chi connectivity index (χ1v) is 28.8. The number of allylic oxidation sites excluding steroid dienone is 3. The summed E-state index contributed by atoms with van der Waals surface area (Å²) in [6.45, 7) is 0. The third kappa shape index (κ3) is 13.1. The highest BCUT2D eigenvalue weighted by molar-refractivity contribution is 5.93. The van der Waals surface area contributed by atoms with E-state index >= 15 is 0 Å². The van der Waals surface area contributed by atoms with Crippen molar-refractivity contribution in [3.05, 3.63) is 216 Å². The van der Waals surface area contributed by atoms with Gasteiger partial charge in [-0.25, -0.2) is 19.7 Å². The fourth-order valence-corrected chi connectivity index (χ4v) is 12.7. The number of H-pyrrole nitrogens is 3. The molecule has 0 saturated carbocycles. The maximum atomic E-state index is 10.3. The number of aromatic amines is 3. The topological polar surface area (TPSA) is 228 Å². The van der Waals surface area contributed by atoms with Crippen LogP contribution >= 0.6 is 0 Å². The average molecular weight is 1140 g/mol. The lowest BCUT2D eigenvalue weighted by Crippen LogP contribution is -2.42. The molecule has 7 N–H and O–H groups in total. The van der Waals surface area contributed by atoms with Gasteiger partial charge in [0.1, 0.15) is 16.9 Å². The highest BCUT2D eigenvalue weighted by Gasteiger charge is 2.42. The summed E-state index contributed by atoms with van der Waals surface area (Å²) < 4.78 is 0. The number of carboxylic acid groups (broad SMARTS) is 3. The largest absolute Gasteiger partial charge is 0.481 e. The Morgan fingerprint density at radius 3 is 0.953 bits per heavy atom. The number of nitrogens with zero attached hydrogens (tertiary/aromatic N) is 6. The zero-order chi connectivity index (χ0) is 60.4. The molecule has 85 heavy (non-hydrogen) atoms. The van der Waals surface area contributed by atoms with Gasteiger partial charge in [0.25, 0.3) is 0 Å². The Kier molecular flexibility index (Phi) is 18.9. The lowest BCUT2D eigenvalue weighted by atomic mass is 9.75. The van der Waals surface area contributed by atoms with E-state index in [0.717, 1.165) is 74.7 Å². The first kappa shape index (κ1) is 60.8. The summed E-state index contributed by atoms with van der Waals surface area (Å²) >= 11 is 0. The Morgan fingerprint density at radius 2 is 0.729 bits per heavy atom. The van der Waals surface area contributed by atoms with Crippen LogP contribution in [0.25, 0.3) is 49.8 Å². The molecule has 9 aromatic rings. The van der Waals surface area contributed by atoms with Gasteiger partial charge in [-0.2, -0.15) is 0 Å². The summed E-state index contributed by atoms with van der Waals surface area (Å²) in [5.74, 6) is -5.02. The lowest BCUT2D eigenvalue weighted by molar-refractivity contribution is -0.170. The molecule has 3 unspecified atom stereocenters. The number of carboxylic acids is 3. The van der Waals surface area contributed by atoms with Crippen LogP contribution in [0.4, 0.5) is 0 Å². The molecular weight excluding hydrogens is 1070 g/mol. The maximum absolute atomic E-state index is 10.3. The van der Waals surface area contributed by atoms with Crippen molar-refractivity contribution in [1.29, 1.82) is 0 Å². The second-order valence-corrected chi connectivity index (χ2v) is 23.0. The van der Waals surface area contributed by atoms with E-state index in [2.05, 4.69) is 233 Å². The van der Waals surface area contributed by atoms with Gasteiger partial charge in [0.05, 0.1) is 12.8 Å². The molecule has 16 nitrogen and oxygen atoms in total. The van der Waals surface area contributed by atoms with E-state index in [1.807, 2.05) is 36.8 Å². The number of aliphatic carboxylic acids is 3. The molecule has 3 aliphatic carbocycles. The van der Waals surface area contributed by atoms with Crippen molar-refractivity contribution in [3.8, 4) is 0 Å². The van der Waals surface area contributed by atoms with Crippen LogP contribution in [-0.4, -0.2) is 131 Å². The number of pyridine rings is 3. The van der Waals surface area contributed by atoms with E-state index in [1.54, 1.807) is 0 Å². The lowest BCUT2D eigenvalue weighted by Gasteiger charge is -2.43. The molecule has 0 aliphatic heterocycles. The zero-order valence-corrected chi connectivity index (χ0v) is 49.3. The van der Waals surface area contributed by atoms with E-state index in [0.29, 0.717) is 0 Å². The number of aromatic nitrogens is 6. The predicted octanol–water partition coefficient (Wildman–Crippen LogP) is 12.5. The van der Waals surface area contributed by atoms with Crippen LogP contribution < -0.4 is 0 Å². The summed E-state index contributed by atoms with van der Waals surface area (Å²) in [4.78, 5) is 60.8. The molecule has 0 fully saturated rings. The van der Waals surface area contributed by atoms with Crippen molar-refractivity contribution in [1.82, 2.24) is 44.6 Å². The van der Waals surface area contributed by atoms with Crippen molar-refractivity contribution in [2.45, 2.75) is 92.8 Å². The SMILES string of the molecule is CN(C)C1(c2ccccc2)CC=C(c2c[nH]c3ncccc23)CC1.CN(C)C1(c2ccccc2)CC=C(c2c[nH]c3ncccc23)CC1.CN(C)C1(c2ccccc2)CC=C(c2c[nH]c3ncccc23)CC1.O=C(O)CC(O)(CC(=O)O)C(=O)O. The van der Waals surface area contributed by atoms with E-state index in [1.165, 1.54) is 66.3 Å². The standard InChI is InChI=1S/3C21H23N3.C6H8O7/c3*1-24(2)21(17-7-4-3-5-8-17)12-10-16(11-13-21)19-15-23-20-18(19)9-6-14-22-20;7-3(8)1-6(13,5(11)12)2-4(9)10/h3*3-10,14-15H,11-13H2,1-2H3,(H,22,23);13H,1-2H2,(H,7,8)(H,9,10)(H,11,12). The van der Waals surface area contributed by atoms with Gasteiger partial charge in [-0.15, -0.1) is 0 Å². The van der Waals surface area contributed by atoms with E-state index in [-0.39, 0.29) is 16.6 Å². The van der Waals surface area contributed by atoms with Crippen molar-refractivity contribution in [2.75, 3.05) is 42.3 Å². The van der Waals surface area contributed by atoms with Gasteiger partial charge < -0.3 is 35.4 Å². The minimum Gasteiger partial charge on any atom is -0.481 e. The molecule has 16 heteroatoms. The second-order valence-electron chi connectivity index (χ2n) is 23.0. The van der Waals surface area contributed by atoms with Crippen molar-refractivity contribution in [3.63, 3.8) is 0 Å². The van der Waals surface area contributed by atoms with Gasteiger partial charge in [-0.05, 0) is 170 Å². The third-order valence-corrected chi connectivity index (χ3v) is 17.7. The molecule has 0 amide bonds. The second kappa shape index (κ2) is 26.4. The molecule has 3 aliphatic rings. The minimum atomic E-state index is -2.74. The van der Waals surface area contributed by atoms with Gasteiger partial charge in [0.2, 0.25) is 0 Å². The Bertz CT molecular complexity index is 3480. The molecule has 0 saturated heterocycles. The number of hydrogen-bond acceptors (Lipinski definition) is 10. The Morgan fingerprint density at radius 1 is 0.447 bits per heavy atom. The third-order valence-electron chi connectivity index (χ3n) is 17.7. The fourth-order valence-electron chi connectivity index (χ4n) is 12.7. The number of nitrogens with one attached hydrogen (secondary N) is 3. The number of carbonyl (C=O) groups is 3. The van der Waals surface area contributed by atoms with Crippen LogP contribution in [0, 0.1) is 0 Å². The van der Waals surface area contributed by atoms with Crippen LogP contribution in [0.2, 0.25) is 0 Å². The van der Waals surface area contributed by atoms with Crippen molar-refractivity contribution >= 4 is 67.7 Å². The van der Waals surface area contributed by atoms with Crippen molar-refractivity contribution in [2.24, 2.45) is 0 Å². The molecule has 3 atom stereocenters. The van der Waals surface area contributed by atoms with Gasteiger partial charge >= 0.3 is 17.9 Å². The van der Waals surface area contributed by atoms with Crippen LogP contribution in [0.1, 0.15) is 104 Å². The highest BCUT2D eigenvalue weighted by Crippen LogP contribution is 2.46. The van der Waals surface area contributed by atoms with Gasteiger partial charge in [-0.3, -0.25) is 24.3 Å². The Labute approximate surface area is 496 Å². The molecule has 0 spiro atoms. The van der Waals surface area contributed by atoms with Crippen LogP contribution in [0.15, 0.2) is 183 Å². The van der Waals surface area contributed by atoms with Crippen molar-refractivity contribution < 1.29 is 34.8 Å². The summed E-state index contributed by atoms with van der Waals surface area (Å²) in [6.07, 6.45) is 26.5. The predicted molar refractivity (Wildman–Crippen MR) is 336 cm³/mol. The Balaban J connectivity index is 0.000000139. The number of benzene rings is 3. The Hall–Kier alpha value is -8.80. The van der Waals surface area contributed by atoms with Gasteiger partial charge in [-0.1, -0.05) is 109 Å². The molecule has 6 heterocycles. The van der Waals surface area contributed by atoms with Crippen LogP contribution in [0.3, 0.4) is 0 Å². The van der Waals surface area contributed by atoms with Gasteiger partial charge in [0, 0.05) is 86.6 Å². The van der Waals surface area contributed by atoms with E-state index in [4.69, 9.17) is 20.4 Å². The normalized spacial score (nSPS) is 19.6. The molecular formula is C69H77N9O7. The number of aliphatic hydroxyl groups is 1. The smallest absolute Gasteiger partial charge is 0.336 e. The minimum absolute atomic E-state index is 0.0924. The molecule has 3 aromatic carbocycles. The first-order chi connectivity index (χ1) is 40.9. The molecule has 12 rings (SSSR count). The summed E-state index contributed by atoms with van der Waals surface area (Å²) in [5.41, 5.74) is 12.9. The fraction of sp³-hybridized carbons (Fsp3) is 0.304. The zero-order valence-electron chi connectivity index (χ0n) is 49.3. The molecule has 6 aromatic heterocycles. The monoisotopic (exact) mass is 1140 g/mol. The van der Waals surface area contributed by atoms with Gasteiger partial charge in [0.15, 0.2) is 5.60 Å². The maximum Gasteiger partial charge on any atom is 0.336 e. The molecule has 440 valence electrons. The van der Waals surface area contributed by atoms with E-state index < -0.39 is 36.4 Å². The number of rotatable bonds is 14. The first-order valence-electron chi connectivity index (χ1n) is 28.8.